The van der Waals surface area contributed by atoms with E-state index in [0.29, 0.717) is 41.8 Å². The van der Waals surface area contributed by atoms with Gasteiger partial charge in [0.1, 0.15) is 17.5 Å². The van der Waals surface area contributed by atoms with E-state index in [0.717, 1.165) is 17.0 Å². The molecule has 0 saturated heterocycles. The van der Waals surface area contributed by atoms with Crippen LogP contribution in [0, 0.1) is 0 Å². The summed E-state index contributed by atoms with van der Waals surface area (Å²) in [6, 6.07) is 18.0. The number of methoxy groups -OCH3 is 1. The van der Waals surface area contributed by atoms with Gasteiger partial charge in [0, 0.05) is 43.0 Å². The van der Waals surface area contributed by atoms with Crippen LogP contribution >= 0.6 is 0 Å². The van der Waals surface area contributed by atoms with Gasteiger partial charge < -0.3 is 25.1 Å². The first kappa shape index (κ1) is 30.7. The van der Waals surface area contributed by atoms with Crippen LogP contribution in [0.2, 0.25) is 0 Å². The van der Waals surface area contributed by atoms with Crippen molar-refractivity contribution in [1.29, 1.82) is 0 Å². The molecule has 0 bridgehead atoms. The van der Waals surface area contributed by atoms with Gasteiger partial charge in [-0.1, -0.05) is 13.0 Å². The van der Waals surface area contributed by atoms with Crippen LogP contribution in [0.25, 0.3) is 11.0 Å². The number of anilines is 2. The van der Waals surface area contributed by atoms with Crippen LogP contribution in [-0.4, -0.2) is 58.6 Å². The standard InChI is InChI=1S/C31H35N7O5/c1-4-7-29(40)43-20-35-30(32)21-9-12-23(13-10-21)34-19-27-36-24-18-22(11-14-25(24)37(27)2)31(41)38(17-15-28(39)42-3)26-8-5-6-16-33-26/h5-6,8-14,16,18,34H,4,7,15,17,19-20H2,1-3H3,(H2,32,35). The van der Waals surface area contributed by atoms with Crippen molar-refractivity contribution in [2.75, 3.05) is 30.6 Å². The van der Waals surface area contributed by atoms with Crippen molar-refractivity contribution in [2.24, 2.45) is 17.8 Å². The number of nitrogens with zero attached hydrogens (tertiary/aromatic N) is 5. The van der Waals surface area contributed by atoms with Gasteiger partial charge >= 0.3 is 11.9 Å². The van der Waals surface area contributed by atoms with Crippen LogP contribution in [0.1, 0.15) is 47.9 Å². The molecule has 2 aromatic heterocycles. The molecule has 0 aliphatic heterocycles. The van der Waals surface area contributed by atoms with Gasteiger partial charge in [-0.25, -0.2) is 15.0 Å². The van der Waals surface area contributed by atoms with E-state index in [1.807, 2.05) is 48.9 Å². The number of carbonyl (C=O) groups is 3. The highest BCUT2D eigenvalue weighted by Gasteiger charge is 2.21. The first-order chi connectivity index (χ1) is 20.8. The number of hydrogen-bond acceptors (Lipinski definition) is 9. The smallest absolute Gasteiger partial charge is 0.307 e. The van der Waals surface area contributed by atoms with E-state index in [4.69, 9.17) is 20.2 Å². The topological polar surface area (TPSA) is 154 Å². The summed E-state index contributed by atoms with van der Waals surface area (Å²) in [6.45, 7) is 2.35. The number of carbonyl (C=O) groups excluding carboxylic acids is 3. The SMILES string of the molecule is CCCC(=O)OC/N=C(\N)c1ccc(NCc2nc3cc(C(=O)N(CCC(=O)OC)c4ccccn4)ccc3n2C)cc1. The molecule has 12 nitrogen and oxygen atoms in total. The lowest BCUT2D eigenvalue weighted by Gasteiger charge is -2.21. The van der Waals surface area contributed by atoms with Crippen LogP contribution < -0.4 is 16.0 Å². The molecule has 0 aliphatic rings. The van der Waals surface area contributed by atoms with Crippen molar-refractivity contribution >= 4 is 46.2 Å². The molecule has 0 unspecified atom stereocenters. The maximum absolute atomic E-state index is 13.5. The van der Waals surface area contributed by atoms with Crippen molar-refractivity contribution in [1.82, 2.24) is 14.5 Å². The van der Waals surface area contributed by atoms with E-state index < -0.39 is 5.97 Å². The summed E-state index contributed by atoms with van der Waals surface area (Å²) in [5.74, 6) is 0.482. The molecule has 3 N–H and O–H groups in total. The third kappa shape index (κ3) is 7.94. The number of aliphatic imine (C=N–C) groups is 1. The minimum atomic E-state index is -0.414. The lowest BCUT2D eigenvalue weighted by Crippen LogP contribution is -2.33. The number of esters is 2. The highest BCUT2D eigenvalue weighted by Crippen LogP contribution is 2.21. The van der Waals surface area contributed by atoms with Crippen molar-refractivity contribution in [3.8, 4) is 0 Å². The fourth-order valence-corrected chi connectivity index (χ4v) is 4.32. The third-order valence-corrected chi connectivity index (χ3v) is 6.70. The Morgan fingerprint density at radius 3 is 2.49 bits per heavy atom. The van der Waals surface area contributed by atoms with Gasteiger partial charge in [-0.15, -0.1) is 0 Å². The average molecular weight is 586 g/mol. The van der Waals surface area contributed by atoms with Crippen LogP contribution in [0.15, 0.2) is 71.9 Å². The molecule has 4 aromatic rings. The maximum atomic E-state index is 13.5. The van der Waals surface area contributed by atoms with Gasteiger partial charge in [0.05, 0.1) is 31.1 Å². The Labute approximate surface area is 249 Å². The molecule has 4 rings (SSSR count). The highest BCUT2D eigenvalue weighted by molar-refractivity contribution is 6.07. The number of pyridine rings is 1. The van der Waals surface area contributed by atoms with E-state index >= 15 is 0 Å². The van der Waals surface area contributed by atoms with E-state index in [1.54, 1.807) is 36.5 Å². The van der Waals surface area contributed by atoms with Crippen molar-refractivity contribution < 1.29 is 23.9 Å². The Bertz CT molecular complexity index is 1600. The Morgan fingerprint density at radius 2 is 1.79 bits per heavy atom. The number of imidazole rings is 1. The largest absolute Gasteiger partial charge is 0.469 e. The van der Waals surface area contributed by atoms with E-state index in [9.17, 15) is 14.4 Å². The molecule has 43 heavy (non-hydrogen) atoms. The Morgan fingerprint density at radius 1 is 1.02 bits per heavy atom. The summed E-state index contributed by atoms with van der Waals surface area (Å²) >= 11 is 0. The normalized spacial score (nSPS) is 11.3. The molecule has 0 saturated carbocycles. The third-order valence-electron chi connectivity index (χ3n) is 6.70. The van der Waals surface area contributed by atoms with Gasteiger partial charge in [0.15, 0.2) is 6.73 Å². The van der Waals surface area contributed by atoms with Crippen LogP contribution in [0.3, 0.4) is 0 Å². The van der Waals surface area contributed by atoms with E-state index in [2.05, 4.69) is 15.3 Å². The summed E-state index contributed by atoms with van der Waals surface area (Å²) in [6.07, 6.45) is 2.70. The van der Waals surface area contributed by atoms with Gasteiger partial charge in [0.25, 0.3) is 5.91 Å². The number of aryl methyl sites for hydroxylation is 1. The minimum absolute atomic E-state index is 0.0370. The molecular formula is C31H35N7O5. The zero-order valence-electron chi connectivity index (χ0n) is 24.4. The number of nitrogens with two attached hydrogens (primary N) is 1. The quantitative estimate of drug-likeness (QED) is 0.135. The summed E-state index contributed by atoms with van der Waals surface area (Å²) < 4.78 is 11.7. The molecule has 0 radical (unpaired) electrons. The van der Waals surface area contributed by atoms with Crippen molar-refractivity contribution in [3.05, 3.63) is 83.8 Å². The molecular weight excluding hydrogens is 550 g/mol. The molecule has 0 fully saturated rings. The number of benzene rings is 2. The predicted molar refractivity (Wildman–Crippen MR) is 164 cm³/mol. The number of fused-ring (bicyclic) bond motifs is 1. The first-order valence-corrected chi connectivity index (χ1v) is 13.9. The van der Waals surface area contributed by atoms with Gasteiger partial charge in [0.2, 0.25) is 0 Å². The van der Waals surface area contributed by atoms with Crippen molar-refractivity contribution in [3.63, 3.8) is 0 Å². The first-order valence-electron chi connectivity index (χ1n) is 13.9. The molecule has 0 spiro atoms. The lowest BCUT2D eigenvalue weighted by atomic mass is 10.1. The second-order valence-corrected chi connectivity index (χ2v) is 9.63. The fourth-order valence-electron chi connectivity index (χ4n) is 4.32. The second kappa shape index (κ2) is 14.6. The van der Waals surface area contributed by atoms with E-state index in [1.165, 1.54) is 12.0 Å². The molecule has 12 heteroatoms. The molecule has 0 aliphatic carbocycles. The number of nitrogens with one attached hydrogen (secondary N) is 1. The number of hydrogen-bond donors (Lipinski definition) is 2. The highest BCUT2D eigenvalue weighted by atomic mass is 16.5. The Kier molecular flexibility index (Phi) is 10.4. The maximum Gasteiger partial charge on any atom is 0.307 e. The number of ether oxygens (including phenoxy) is 2. The van der Waals surface area contributed by atoms with Crippen LogP contribution in [0.5, 0.6) is 0 Å². The predicted octanol–water partition coefficient (Wildman–Crippen LogP) is 3.80. The molecule has 1 amide bonds. The molecule has 2 aromatic carbocycles. The van der Waals surface area contributed by atoms with Gasteiger partial charge in [-0.2, -0.15) is 0 Å². The van der Waals surface area contributed by atoms with Crippen LogP contribution in [-0.2, 0) is 32.7 Å². The minimum Gasteiger partial charge on any atom is -0.469 e. The van der Waals surface area contributed by atoms with Gasteiger partial charge in [-0.05, 0) is 61.0 Å². The second-order valence-electron chi connectivity index (χ2n) is 9.63. The average Bonchev–Trinajstić information content (AvgIpc) is 3.34. The summed E-state index contributed by atoms with van der Waals surface area (Å²) in [7, 11) is 3.23. The zero-order chi connectivity index (χ0) is 30.8. The number of amidine groups is 1. The van der Waals surface area contributed by atoms with Crippen molar-refractivity contribution in [2.45, 2.75) is 32.7 Å². The zero-order valence-corrected chi connectivity index (χ0v) is 24.4. The summed E-state index contributed by atoms with van der Waals surface area (Å²) in [5.41, 5.74) is 9.55. The number of aromatic nitrogens is 3. The fraction of sp³-hybridized carbons (Fsp3) is 0.290. The summed E-state index contributed by atoms with van der Waals surface area (Å²) in [5, 5.41) is 3.35. The monoisotopic (exact) mass is 585 g/mol. The van der Waals surface area contributed by atoms with Crippen LogP contribution in [0.4, 0.5) is 11.5 Å². The molecule has 0 atom stereocenters. The Hall–Kier alpha value is -5.26. The molecule has 224 valence electrons. The molecule has 2 heterocycles. The van der Waals surface area contributed by atoms with E-state index in [-0.39, 0.29) is 37.4 Å². The lowest BCUT2D eigenvalue weighted by molar-refractivity contribution is -0.143. The summed E-state index contributed by atoms with van der Waals surface area (Å²) in [4.78, 5) is 51.4. The Balaban J connectivity index is 1.44. The number of rotatable bonds is 13. The van der Waals surface area contributed by atoms with Gasteiger partial charge in [-0.3, -0.25) is 19.3 Å². The number of amides is 1.